The fourth-order valence-corrected chi connectivity index (χ4v) is 1.05. The van der Waals surface area contributed by atoms with Crippen LogP contribution in [0.1, 0.15) is 10.4 Å². The molecular weight excluding hydrogens is 178 g/mol. The van der Waals surface area contributed by atoms with Gasteiger partial charge in [0.05, 0.1) is 16.3 Å². The van der Waals surface area contributed by atoms with E-state index in [2.05, 4.69) is 0 Å². The fourth-order valence-electron chi connectivity index (χ4n) is 0.849. The molecule has 0 heterocycles. The Morgan fingerprint density at radius 2 is 1.92 bits per heavy atom. The van der Waals surface area contributed by atoms with Crippen molar-refractivity contribution in [3.63, 3.8) is 0 Å². The van der Waals surface area contributed by atoms with Crippen LogP contribution in [-0.4, -0.2) is 5.91 Å². The highest BCUT2D eigenvalue weighted by Crippen LogP contribution is 2.25. The maximum atomic E-state index is 10.8. The zero-order chi connectivity index (χ0) is 9.30. The van der Waals surface area contributed by atoms with E-state index in [1.54, 1.807) is 0 Å². The van der Waals surface area contributed by atoms with Crippen LogP contribution in [0.25, 0.3) is 0 Å². The molecule has 0 atom stereocenters. The summed E-state index contributed by atoms with van der Waals surface area (Å²) in [7, 11) is 0. The lowest BCUT2D eigenvalue weighted by atomic mass is 10.1. The monoisotopic (exact) mass is 185 g/mol. The largest absolute Gasteiger partial charge is 0.399 e. The van der Waals surface area contributed by atoms with Crippen molar-refractivity contribution >= 4 is 28.9 Å². The van der Waals surface area contributed by atoms with Crippen LogP contribution < -0.4 is 17.2 Å². The van der Waals surface area contributed by atoms with Crippen LogP contribution in [-0.2, 0) is 0 Å². The van der Waals surface area contributed by atoms with Gasteiger partial charge in [-0.1, -0.05) is 11.6 Å². The van der Waals surface area contributed by atoms with E-state index in [0.717, 1.165) is 0 Å². The lowest BCUT2D eigenvalue weighted by Crippen LogP contribution is -2.12. The van der Waals surface area contributed by atoms with E-state index in [0.29, 0.717) is 5.69 Å². The van der Waals surface area contributed by atoms with E-state index >= 15 is 0 Å². The van der Waals surface area contributed by atoms with Gasteiger partial charge >= 0.3 is 0 Å². The first kappa shape index (κ1) is 8.67. The molecule has 0 spiro atoms. The molecule has 5 heteroatoms. The lowest BCUT2D eigenvalue weighted by molar-refractivity contribution is 0.100. The molecule has 0 bridgehead atoms. The summed E-state index contributed by atoms with van der Waals surface area (Å²) in [5.41, 5.74) is 16.6. The van der Waals surface area contributed by atoms with Crippen molar-refractivity contribution in [3.05, 3.63) is 22.7 Å². The normalized spacial score (nSPS) is 9.75. The van der Waals surface area contributed by atoms with Crippen LogP contribution in [0.15, 0.2) is 12.1 Å². The number of hydrogen-bond donors (Lipinski definition) is 3. The summed E-state index contributed by atoms with van der Waals surface area (Å²) in [6.45, 7) is 0. The van der Waals surface area contributed by atoms with Gasteiger partial charge in [0.15, 0.2) is 0 Å². The summed E-state index contributed by atoms with van der Waals surface area (Å²) in [5, 5.41) is 0.150. The molecule has 0 radical (unpaired) electrons. The van der Waals surface area contributed by atoms with Crippen LogP contribution in [0.5, 0.6) is 0 Å². The van der Waals surface area contributed by atoms with Crippen LogP contribution in [0, 0.1) is 0 Å². The van der Waals surface area contributed by atoms with Gasteiger partial charge in [-0.3, -0.25) is 4.79 Å². The van der Waals surface area contributed by atoms with Crippen LogP contribution in [0.3, 0.4) is 0 Å². The van der Waals surface area contributed by atoms with Crippen molar-refractivity contribution in [1.29, 1.82) is 0 Å². The molecule has 64 valence electrons. The van der Waals surface area contributed by atoms with E-state index in [-0.39, 0.29) is 16.3 Å². The Balaban J connectivity index is 3.37. The van der Waals surface area contributed by atoms with Crippen molar-refractivity contribution in [3.8, 4) is 0 Å². The molecule has 1 rings (SSSR count). The van der Waals surface area contributed by atoms with Crippen molar-refractivity contribution in [2.75, 3.05) is 11.5 Å². The number of benzene rings is 1. The highest BCUT2D eigenvalue weighted by Gasteiger charge is 2.09. The van der Waals surface area contributed by atoms with Crippen molar-refractivity contribution in [1.82, 2.24) is 0 Å². The number of nitrogens with two attached hydrogens (primary N) is 3. The summed E-state index contributed by atoms with van der Waals surface area (Å²) < 4.78 is 0. The molecule has 1 aromatic carbocycles. The fraction of sp³-hybridized carbons (Fsp3) is 0. The highest BCUT2D eigenvalue weighted by molar-refractivity contribution is 6.36. The zero-order valence-electron chi connectivity index (χ0n) is 6.17. The second-order valence-electron chi connectivity index (χ2n) is 2.34. The smallest absolute Gasteiger partial charge is 0.250 e. The average Bonchev–Trinajstić information content (AvgIpc) is 1.96. The number of amides is 1. The quantitative estimate of drug-likeness (QED) is 0.560. The Bertz CT molecular complexity index is 338. The SMILES string of the molecule is NC(=O)c1cc(N)cc(N)c1Cl. The van der Waals surface area contributed by atoms with Gasteiger partial charge in [0.2, 0.25) is 5.91 Å². The zero-order valence-corrected chi connectivity index (χ0v) is 6.93. The first-order valence-corrected chi connectivity index (χ1v) is 3.54. The molecule has 4 nitrogen and oxygen atoms in total. The van der Waals surface area contributed by atoms with Gasteiger partial charge in [-0.15, -0.1) is 0 Å². The average molecular weight is 186 g/mol. The third-order valence-corrected chi connectivity index (χ3v) is 1.81. The van der Waals surface area contributed by atoms with Crippen LogP contribution in [0.4, 0.5) is 11.4 Å². The van der Waals surface area contributed by atoms with Crippen molar-refractivity contribution < 1.29 is 4.79 Å². The van der Waals surface area contributed by atoms with Gasteiger partial charge in [0.25, 0.3) is 0 Å². The first-order chi connectivity index (χ1) is 5.52. The number of anilines is 2. The van der Waals surface area contributed by atoms with E-state index in [9.17, 15) is 4.79 Å². The van der Waals surface area contributed by atoms with Crippen molar-refractivity contribution in [2.45, 2.75) is 0 Å². The third kappa shape index (κ3) is 1.43. The summed E-state index contributed by atoms with van der Waals surface area (Å²) in [6.07, 6.45) is 0. The molecule has 1 aromatic rings. The molecule has 12 heavy (non-hydrogen) atoms. The van der Waals surface area contributed by atoms with Gasteiger partial charge in [-0.05, 0) is 12.1 Å². The lowest BCUT2D eigenvalue weighted by Gasteiger charge is -2.04. The second-order valence-corrected chi connectivity index (χ2v) is 2.71. The number of nitrogen functional groups attached to an aromatic ring is 2. The van der Waals surface area contributed by atoms with Gasteiger partial charge in [0.1, 0.15) is 0 Å². The summed E-state index contributed by atoms with van der Waals surface area (Å²) in [4.78, 5) is 10.8. The molecule has 0 aromatic heterocycles. The molecule has 0 saturated heterocycles. The molecule has 1 amide bonds. The molecular formula is C7H8ClN3O. The molecule has 0 fully saturated rings. The second kappa shape index (κ2) is 2.91. The van der Waals surface area contributed by atoms with E-state index < -0.39 is 5.91 Å². The van der Waals surface area contributed by atoms with E-state index in [4.69, 9.17) is 28.8 Å². The van der Waals surface area contributed by atoms with Gasteiger partial charge in [-0.2, -0.15) is 0 Å². The minimum Gasteiger partial charge on any atom is -0.399 e. The Morgan fingerprint density at radius 3 is 2.42 bits per heavy atom. The Kier molecular flexibility index (Phi) is 2.10. The number of halogens is 1. The summed E-state index contributed by atoms with van der Waals surface area (Å²) in [6, 6.07) is 2.86. The minimum absolute atomic E-state index is 0.147. The Labute approximate surface area is 74.3 Å². The maximum absolute atomic E-state index is 10.8. The highest BCUT2D eigenvalue weighted by atomic mass is 35.5. The first-order valence-electron chi connectivity index (χ1n) is 3.16. The molecule has 0 aliphatic heterocycles. The number of carbonyl (C=O) groups excluding carboxylic acids is 1. The van der Waals surface area contributed by atoms with Crippen LogP contribution >= 0.6 is 11.6 Å². The predicted octanol–water partition coefficient (Wildman–Crippen LogP) is 0.603. The predicted molar refractivity (Wildman–Crippen MR) is 48.8 cm³/mol. The van der Waals surface area contributed by atoms with Gasteiger partial charge < -0.3 is 17.2 Å². The molecule has 0 saturated carbocycles. The topological polar surface area (TPSA) is 95.1 Å². The number of primary amides is 1. The molecule has 0 unspecified atom stereocenters. The van der Waals surface area contributed by atoms with E-state index in [1.165, 1.54) is 12.1 Å². The number of carbonyl (C=O) groups is 1. The summed E-state index contributed by atoms with van der Waals surface area (Å²) >= 11 is 5.68. The third-order valence-electron chi connectivity index (χ3n) is 1.39. The molecule has 0 aliphatic rings. The van der Waals surface area contributed by atoms with Gasteiger partial charge in [0, 0.05) is 5.69 Å². The molecule has 6 N–H and O–H groups in total. The minimum atomic E-state index is -0.640. The number of rotatable bonds is 1. The maximum Gasteiger partial charge on any atom is 0.250 e. The van der Waals surface area contributed by atoms with Gasteiger partial charge in [-0.25, -0.2) is 0 Å². The Hall–Kier alpha value is -1.42. The van der Waals surface area contributed by atoms with Crippen LogP contribution in [0.2, 0.25) is 5.02 Å². The number of hydrogen-bond acceptors (Lipinski definition) is 3. The standard InChI is InChI=1S/C7H8ClN3O/c8-6-4(7(11)12)1-3(9)2-5(6)10/h1-2H,9-10H2,(H2,11,12). The van der Waals surface area contributed by atoms with E-state index in [1.807, 2.05) is 0 Å². The summed E-state index contributed by atoms with van der Waals surface area (Å²) in [5.74, 6) is -0.640. The van der Waals surface area contributed by atoms with Crippen molar-refractivity contribution in [2.24, 2.45) is 5.73 Å². The molecule has 0 aliphatic carbocycles. The Morgan fingerprint density at radius 1 is 1.33 bits per heavy atom.